The maximum absolute atomic E-state index is 2.39. The molecule has 0 heteroatoms. The molecule has 1 aliphatic carbocycles. The molecule has 0 aliphatic heterocycles. The second-order valence-electron chi connectivity index (χ2n) is 7.47. The van der Waals surface area contributed by atoms with Gasteiger partial charge in [0.25, 0.3) is 0 Å². The van der Waals surface area contributed by atoms with Crippen molar-refractivity contribution in [3.8, 4) is 0 Å². The van der Waals surface area contributed by atoms with Crippen molar-refractivity contribution in [3.63, 3.8) is 0 Å². The number of hydrogen-bond acceptors (Lipinski definition) is 0. The predicted molar refractivity (Wildman–Crippen MR) is 87.4 cm³/mol. The molecule has 1 aliphatic rings. The Morgan fingerprint density at radius 2 is 1.42 bits per heavy atom. The lowest BCUT2D eigenvalue weighted by molar-refractivity contribution is 0.463. The lowest BCUT2D eigenvalue weighted by atomic mass is 9.99. The van der Waals surface area contributed by atoms with Crippen molar-refractivity contribution in [2.24, 2.45) is 23.7 Å². The normalized spacial score (nSPS) is 23.8. The minimum absolute atomic E-state index is 0.940. The van der Waals surface area contributed by atoms with E-state index in [2.05, 4.69) is 27.7 Å². The molecule has 114 valence electrons. The molecule has 0 aromatic heterocycles. The molecule has 0 spiro atoms. The van der Waals surface area contributed by atoms with Crippen LogP contribution in [0, 0.1) is 23.7 Å². The molecule has 0 aromatic carbocycles. The molecular weight excluding hydrogens is 228 g/mol. The summed E-state index contributed by atoms with van der Waals surface area (Å²) >= 11 is 0. The van der Waals surface area contributed by atoms with Gasteiger partial charge in [0.05, 0.1) is 0 Å². The highest BCUT2D eigenvalue weighted by molar-refractivity contribution is 4.87. The molecule has 0 radical (unpaired) electrons. The van der Waals surface area contributed by atoms with E-state index >= 15 is 0 Å². The van der Waals surface area contributed by atoms with Crippen molar-refractivity contribution in [2.45, 2.75) is 98.3 Å². The average Bonchev–Trinajstić information content (AvgIpc) is 3.16. The SMILES string of the molecule is CCC(C)CCCCCCCCCC1CC1C(C)C. The Morgan fingerprint density at radius 3 is 1.95 bits per heavy atom. The third kappa shape index (κ3) is 8.00. The Balaban J connectivity index is 1.75. The lowest BCUT2D eigenvalue weighted by Gasteiger charge is -2.07. The monoisotopic (exact) mass is 266 g/mol. The number of hydrogen-bond donors (Lipinski definition) is 0. The van der Waals surface area contributed by atoms with Gasteiger partial charge >= 0.3 is 0 Å². The van der Waals surface area contributed by atoms with Crippen LogP contribution >= 0.6 is 0 Å². The molecule has 3 unspecified atom stereocenters. The van der Waals surface area contributed by atoms with E-state index in [9.17, 15) is 0 Å². The van der Waals surface area contributed by atoms with Crippen LogP contribution in [-0.2, 0) is 0 Å². The molecule has 19 heavy (non-hydrogen) atoms. The molecule has 0 amide bonds. The Labute approximate surface area is 122 Å². The Kier molecular flexibility index (Phi) is 8.83. The summed E-state index contributed by atoms with van der Waals surface area (Å²) in [7, 11) is 0. The van der Waals surface area contributed by atoms with Crippen LogP contribution in [0.4, 0.5) is 0 Å². The van der Waals surface area contributed by atoms with Gasteiger partial charge in [0.1, 0.15) is 0 Å². The van der Waals surface area contributed by atoms with Crippen molar-refractivity contribution < 1.29 is 0 Å². The van der Waals surface area contributed by atoms with Crippen LogP contribution in [0.2, 0.25) is 0 Å². The first kappa shape index (κ1) is 17.1. The minimum atomic E-state index is 0.940. The van der Waals surface area contributed by atoms with Gasteiger partial charge in [-0.2, -0.15) is 0 Å². The summed E-state index contributed by atoms with van der Waals surface area (Å²) in [6.45, 7) is 9.49. The van der Waals surface area contributed by atoms with E-state index < -0.39 is 0 Å². The fourth-order valence-corrected chi connectivity index (χ4v) is 3.41. The molecule has 0 N–H and O–H groups in total. The fraction of sp³-hybridized carbons (Fsp3) is 1.00. The standard InChI is InChI=1S/C19H38/c1-5-17(4)13-11-9-7-6-8-10-12-14-18-15-19(18)16(2)3/h16-19H,5-15H2,1-4H3. The Morgan fingerprint density at radius 1 is 0.842 bits per heavy atom. The van der Waals surface area contributed by atoms with E-state index in [1.165, 1.54) is 70.6 Å². The second kappa shape index (κ2) is 9.83. The van der Waals surface area contributed by atoms with Crippen LogP contribution in [0.3, 0.4) is 0 Å². The fourth-order valence-electron chi connectivity index (χ4n) is 3.41. The molecule has 0 bridgehead atoms. The van der Waals surface area contributed by atoms with Gasteiger partial charge in [-0.1, -0.05) is 91.9 Å². The quantitative estimate of drug-likeness (QED) is 0.339. The zero-order chi connectivity index (χ0) is 14.1. The second-order valence-corrected chi connectivity index (χ2v) is 7.47. The van der Waals surface area contributed by atoms with Crippen molar-refractivity contribution in [3.05, 3.63) is 0 Å². The highest BCUT2D eigenvalue weighted by Gasteiger charge is 2.37. The van der Waals surface area contributed by atoms with Crippen LogP contribution in [-0.4, -0.2) is 0 Å². The van der Waals surface area contributed by atoms with Crippen LogP contribution in [0.5, 0.6) is 0 Å². The van der Waals surface area contributed by atoms with Crippen LogP contribution in [0.25, 0.3) is 0 Å². The van der Waals surface area contributed by atoms with E-state index in [-0.39, 0.29) is 0 Å². The van der Waals surface area contributed by atoms with Gasteiger partial charge in [0, 0.05) is 0 Å². The maximum Gasteiger partial charge on any atom is -0.0360 e. The Hall–Kier alpha value is 0. The first-order valence-electron chi connectivity index (χ1n) is 9.15. The predicted octanol–water partition coefficient (Wildman–Crippen LogP) is 6.84. The molecule has 0 heterocycles. The first-order chi connectivity index (χ1) is 9.15. The maximum atomic E-state index is 2.39. The van der Waals surface area contributed by atoms with E-state index in [1.54, 1.807) is 0 Å². The third-order valence-corrected chi connectivity index (χ3v) is 5.30. The molecule has 1 saturated carbocycles. The van der Waals surface area contributed by atoms with Gasteiger partial charge in [-0.25, -0.2) is 0 Å². The van der Waals surface area contributed by atoms with Gasteiger partial charge in [-0.15, -0.1) is 0 Å². The van der Waals surface area contributed by atoms with Crippen molar-refractivity contribution in [1.29, 1.82) is 0 Å². The first-order valence-corrected chi connectivity index (χ1v) is 9.15. The minimum Gasteiger partial charge on any atom is -0.0651 e. The number of rotatable bonds is 12. The van der Waals surface area contributed by atoms with Crippen molar-refractivity contribution in [2.75, 3.05) is 0 Å². The van der Waals surface area contributed by atoms with Crippen LogP contribution < -0.4 is 0 Å². The average molecular weight is 267 g/mol. The molecular formula is C19H38. The summed E-state index contributed by atoms with van der Waals surface area (Å²) in [4.78, 5) is 0. The van der Waals surface area contributed by atoms with Crippen LogP contribution in [0.15, 0.2) is 0 Å². The van der Waals surface area contributed by atoms with Gasteiger partial charge < -0.3 is 0 Å². The van der Waals surface area contributed by atoms with E-state index in [0.717, 1.165) is 23.7 Å². The molecule has 0 aromatic rings. The number of unbranched alkanes of at least 4 members (excludes halogenated alkanes) is 6. The van der Waals surface area contributed by atoms with Gasteiger partial charge in [0.15, 0.2) is 0 Å². The summed E-state index contributed by atoms with van der Waals surface area (Å²) in [5.41, 5.74) is 0. The molecule has 0 nitrogen and oxygen atoms in total. The summed E-state index contributed by atoms with van der Waals surface area (Å²) in [5.74, 6) is 4.08. The topological polar surface area (TPSA) is 0 Å². The largest absolute Gasteiger partial charge is 0.0651 e. The molecule has 3 atom stereocenters. The Bertz CT molecular complexity index is 206. The highest BCUT2D eigenvalue weighted by atomic mass is 14.4. The van der Waals surface area contributed by atoms with E-state index in [4.69, 9.17) is 0 Å². The van der Waals surface area contributed by atoms with Gasteiger partial charge in [-0.05, 0) is 30.1 Å². The molecule has 0 saturated heterocycles. The van der Waals surface area contributed by atoms with Crippen LogP contribution in [0.1, 0.15) is 98.3 Å². The zero-order valence-corrected chi connectivity index (χ0v) is 14.1. The summed E-state index contributed by atoms with van der Waals surface area (Å²) in [6.07, 6.45) is 16.3. The smallest absolute Gasteiger partial charge is 0.0360 e. The summed E-state index contributed by atoms with van der Waals surface area (Å²) < 4.78 is 0. The van der Waals surface area contributed by atoms with E-state index in [0.29, 0.717) is 0 Å². The van der Waals surface area contributed by atoms with Crippen molar-refractivity contribution >= 4 is 0 Å². The van der Waals surface area contributed by atoms with Gasteiger partial charge in [0.2, 0.25) is 0 Å². The zero-order valence-electron chi connectivity index (χ0n) is 14.1. The van der Waals surface area contributed by atoms with E-state index in [1.807, 2.05) is 0 Å². The highest BCUT2D eigenvalue weighted by Crippen LogP contribution is 2.47. The molecule has 1 rings (SSSR count). The third-order valence-electron chi connectivity index (χ3n) is 5.30. The van der Waals surface area contributed by atoms with Gasteiger partial charge in [-0.3, -0.25) is 0 Å². The summed E-state index contributed by atoms with van der Waals surface area (Å²) in [6, 6.07) is 0. The van der Waals surface area contributed by atoms with Crippen molar-refractivity contribution in [1.82, 2.24) is 0 Å². The molecule has 1 fully saturated rings. The lowest BCUT2D eigenvalue weighted by Crippen LogP contribution is -1.93. The summed E-state index contributed by atoms with van der Waals surface area (Å²) in [5, 5.41) is 0.